The van der Waals surface area contributed by atoms with E-state index in [1.54, 1.807) is 11.3 Å². The van der Waals surface area contributed by atoms with Crippen molar-refractivity contribution in [1.82, 2.24) is 5.01 Å². The summed E-state index contributed by atoms with van der Waals surface area (Å²) in [6.45, 7) is 2.85. The van der Waals surface area contributed by atoms with Crippen LogP contribution in [0.4, 0.5) is 0 Å². The van der Waals surface area contributed by atoms with E-state index in [9.17, 15) is 0 Å². The molecule has 0 radical (unpaired) electrons. The number of nitrogens with zero attached hydrogens (tertiary/aromatic N) is 2. The third kappa shape index (κ3) is 2.73. The van der Waals surface area contributed by atoms with Crippen molar-refractivity contribution in [3.8, 4) is 23.0 Å². The summed E-state index contributed by atoms with van der Waals surface area (Å²) in [5.74, 6) is 3.15. The van der Waals surface area contributed by atoms with E-state index in [0.717, 1.165) is 51.1 Å². The van der Waals surface area contributed by atoms with Gasteiger partial charge in [0.05, 0.1) is 23.2 Å². The van der Waals surface area contributed by atoms with Crippen LogP contribution in [0.5, 0.6) is 23.0 Å². The van der Waals surface area contributed by atoms with E-state index in [-0.39, 0.29) is 19.1 Å². The molecule has 152 valence electrons. The topological polar surface area (TPSA) is 52.5 Å². The SMILES string of the molecule is CCOc1cccc2c1O[C@@H](c1cccs1)N1N=C(c3ccc4c(c3)OCO4)C[C@@H]21. The van der Waals surface area contributed by atoms with Crippen molar-refractivity contribution in [2.24, 2.45) is 5.10 Å². The zero-order valence-electron chi connectivity index (χ0n) is 16.4. The van der Waals surface area contributed by atoms with Gasteiger partial charge in [0.2, 0.25) is 13.0 Å². The maximum Gasteiger partial charge on any atom is 0.231 e. The van der Waals surface area contributed by atoms with E-state index in [2.05, 4.69) is 22.5 Å². The molecule has 0 bridgehead atoms. The summed E-state index contributed by atoms with van der Waals surface area (Å²) in [5.41, 5.74) is 3.16. The third-order valence-electron chi connectivity index (χ3n) is 5.57. The molecule has 3 aromatic rings. The minimum atomic E-state index is -0.282. The molecule has 0 amide bonds. The maximum absolute atomic E-state index is 6.49. The first-order valence-corrected chi connectivity index (χ1v) is 10.9. The first-order chi connectivity index (χ1) is 14.8. The molecule has 0 spiro atoms. The number of para-hydroxylation sites is 1. The Balaban J connectivity index is 1.43. The number of fused-ring (bicyclic) bond motifs is 4. The van der Waals surface area contributed by atoms with Crippen molar-refractivity contribution in [3.05, 3.63) is 69.9 Å². The zero-order valence-corrected chi connectivity index (χ0v) is 17.2. The lowest BCUT2D eigenvalue weighted by Crippen LogP contribution is -2.33. The lowest BCUT2D eigenvalue weighted by Gasteiger charge is -2.38. The van der Waals surface area contributed by atoms with Gasteiger partial charge >= 0.3 is 0 Å². The zero-order chi connectivity index (χ0) is 20.1. The average molecular weight is 420 g/mol. The Labute approximate surface area is 178 Å². The van der Waals surface area contributed by atoms with Gasteiger partial charge < -0.3 is 18.9 Å². The predicted octanol–water partition coefficient (Wildman–Crippen LogP) is 5.12. The molecule has 3 aliphatic rings. The number of rotatable bonds is 4. The van der Waals surface area contributed by atoms with E-state index < -0.39 is 0 Å². The van der Waals surface area contributed by atoms with Gasteiger partial charge in [-0.25, -0.2) is 5.01 Å². The van der Waals surface area contributed by atoms with E-state index in [1.165, 1.54) is 0 Å². The molecule has 0 unspecified atom stereocenters. The van der Waals surface area contributed by atoms with E-state index in [4.69, 9.17) is 24.0 Å². The molecule has 6 rings (SSSR count). The van der Waals surface area contributed by atoms with Gasteiger partial charge in [0, 0.05) is 17.5 Å². The van der Waals surface area contributed by atoms with Gasteiger partial charge in [-0.1, -0.05) is 18.2 Å². The number of thiophene rings is 1. The second kappa shape index (κ2) is 6.95. The molecular weight excluding hydrogens is 400 g/mol. The Hall–Kier alpha value is -3.19. The molecule has 1 aromatic heterocycles. The first-order valence-electron chi connectivity index (χ1n) is 10.0. The summed E-state index contributed by atoms with van der Waals surface area (Å²) in [6, 6.07) is 16.3. The van der Waals surface area contributed by atoms with Crippen molar-refractivity contribution in [2.45, 2.75) is 25.6 Å². The molecule has 30 heavy (non-hydrogen) atoms. The predicted molar refractivity (Wildman–Crippen MR) is 114 cm³/mol. The highest BCUT2D eigenvalue weighted by molar-refractivity contribution is 7.10. The molecule has 4 heterocycles. The molecular formula is C23H20N2O4S. The van der Waals surface area contributed by atoms with Crippen molar-refractivity contribution in [2.75, 3.05) is 13.4 Å². The van der Waals surface area contributed by atoms with Crippen LogP contribution in [0.1, 0.15) is 41.6 Å². The smallest absolute Gasteiger partial charge is 0.231 e. The van der Waals surface area contributed by atoms with Crippen molar-refractivity contribution >= 4 is 17.0 Å². The largest absolute Gasteiger partial charge is 0.490 e. The summed E-state index contributed by atoms with van der Waals surface area (Å²) in [4.78, 5) is 1.12. The molecule has 0 saturated carbocycles. The fraction of sp³-hybridized carbons (Fsp3) is 0.261. The fourth-order valence-corrected chi connectivity index (χ4v) is 4.97. The molecule has 2 atom stereocenters. The summed E-state index contributed by atoms with van der Waals surface area (Å²) >= 11 is 1.67. The van der Waals surface area contributed by atoms with Gasteiger partial charge in [-0.2, -0.15) is 5.10 Å². The van der Waals surface area contributed by atoms with Crippen molar-refractivity contribution < 1.29 is 18.9 Å². The van der Waals surface area contributed by atoms with Crippen LogP contribution in [-0.2, 0) is 0 Å². The number of hydrogen-bond donors (Lipinski definition) is 0. The van der Waals surface area contributed by atoms with Gasteiger partial charge in [0.15, 0.2) is 23.0 Å². The Morgan fingerprint density at radius 1 is 1.13 bits per heavy atom. The second-order valence-corrected chi connectivity index (χ2v) is 8.29. The fourth-order valence-electron chi connectivity index (χ4n) is 4.22. The summed E-state index contributed by atoms with van der Waals surface area (Å²) in [6.07, 6.45) is 0.503. The van der Waals surface area contributed by atoms with E-state index in [1.807, 2.05) is 43.3 Å². The van der Waals surface area contributed by atoms with Crippen LogP contribution in [0.3, 0.4) is 0 Å². The molecule has 0 N–H and O–H groups in total. The van der Waals surface area contributed by atoms with Crippen LogP contribution in [0.2, 0.25) is 0 Å². The molecule has 3 aliphatic heterocycles. The van der Waals surface area contributed by atoms with Gasteiger partial charge in [0.25, 0.3) is 0 Å². The van der Waals surface area contributed by atoms with Crippen molar-refractivity contribution in [3.63, 3.8) is 0 Å². The Bertz CT molecular complexity index is 1130. The highest BCUT2D eigenvalue weighted by Crippen LogP contribution is 2.51. The standard InChI is InChI=1S/C23H20N2O4S/c1-2-26-19-6-3-5-15-17-12-16(14-8-9-18-20(11-14)28-13-27-18)24-25(17)23(29-22(15)19)21-7-4-10-30-21/h3-11,17,23H,2,12-13H2,1H3/t17-,23-/m0/s1. The average Bonchev–Trinajstić information content (AvgIpc) is 3.53. The van der Waals surface area contributed by atoms with Crippen molar-refractivity contribution in [1.29, 1.82) is 0 Å². The normalized spacial score (nSPS) is 21.0. The van der Waals surface area contributed by atoms with E-state index in [0.29, 0.717) is 6.61 Å². The Kier molecular flexibility index (Phi) is 4.09. The first kappa shape index (κ1) is 17.7. The van der Waals surface area contributed by atoms with Crippen LogP contribution < -0.4 is 18.9 Å². The van der Waals surface area contributed by atoms with Crippen LogP contribution in [-0.4, -0.2) is 24.1 Å². The molecule has 2 aromatic carbocycles. The number of hydrazone groups is 1. The lowest BCUT2D eigenvalue weighted by molar-refractivity contribution is -0.0188. The molecule has 6 nitrogen and oxygen atoms in total. The third-order valence-corrected chi connectivity index (χ3v) is 6.48. The van der Waals surface area contributed by atoms with Crippen LogP contribution >= 0.6 is 11.3 Å². The summed E-state index contributed by atoms with van der Waals surface area (Å²) in [7, 11) is 0. The molecule has 0 aliphatic carbocycles. The number of hydrogen-bond acceptors (Lipinski definition) is 7. The summed E-state index contributed by atoms with van der Waals surface area (Å²) in [5, 5.41) is 9.16. The van der Waals surface area contributed by atoms with Gasteiger partial charge in [-0.05, 0) is 42.6 Å². The Morgan fingerprint density at radius 3 is 2.93 bits per heavy atom. The van der Waals surface area contributed by atoms with Gasteiger partial charge in [-0.15, -0.1) is 11.3 Å². The van der Waals surface area contributed by atoms with Crippen LogP contribution in [0.15, 0.2) is 59.0 Å². The Morgan fingerprint density at radius 2 is 2.07 bits per heavy atom. The molecule has 7 heteroatoms. The minimum absolute atomic E-state index is 0.0849. The summed E-state index contributed by atoms with van der Waals surface area (Å²) < 4.78 is 23.4. The minimum Gasteiger partial charge on any atom is -0.490 e. The van der Waals surface area contributed by atoms with E-state index >= 15 is 0 Å². The van der Waals surface area contributed by atoms with Crippen LogP contribution in [0.25, 0.3) is 0 Å². The lowest BCUT2D eigenvalue weighted by atomic mass is 9.96. The molecule has 0 saturated heterocycles. The quantitative estimate of drug-likeness (QED) is 0.587. The number of benzene rings is 2. The second-order valence-electron chi connectivity index (χ2n) is 7.31. The van der Waals surface area contributed by atoms with Crippen LogP contribution in [0, 0.1) is 0 Å². The highest BCUT2D eigenvalue weighted by Gasteiger charge is 2.42. The number of ether oxygens (including phenoxy) is 4. The van der Waals surface area contributed by atoms with Gasteiger partial charge in [-0.3, -0.25) is 0 Å². The maximum atomic E-state index is 6.49. The van der Waals surface area contributed by atoms with Gasteiger partial charge in [0.1, 0.15) is 0 Å². The monoisotopic (exact) mass is 420 g/mol. The molecule has 0 fully saturated rings. The highest BCUT2D eigenvalue weighted by atomic mass is 32.1.